The van der Waals surface area contributed by atoms with Crippen LogP contribution in [0.4, 0.5) is 5.88 Å². The first-order valence-electron chi connectivity index (χ1n) is 6.71. The number of piperazine rings is 1. The number of carbonyl (C=O) groups excluding carboxylic acids is 1. The Morgan fingerprint density at radius 1 is 1.38 bits per heavy atom. The summed E-state index contributed by atoms with van der Waals surface area (Å²) < 4.78 is 29.3. The second-order valence-electron chi connectivity index (χ2n) is 5.20. The number of aryl methyl sites for hydroxylation is 1. The van der Waals surface area contributed by atoms with E-state index in [0.717, 1.165) is 0 Å². The molecule has 1 aliphatic heterocycles. The van der Waals surface area contributed by atoms with Gasteiger partial charge in [-0.15, -0.1) is 0 Å². The van der Waals surface area contributed by atoms with Gasteiger partial charge < -0.3 is 4.52 Å². The third-order valence-electron chi connectivity index (χ3n) is 3.54. The van der Waals surface area contributed by atoms with Crippen LogP contribution in [-0.4, -0.2) is 67.2 Å². The second-order valence-corrected chi connectivity index (χ2v) is 7.18. The molecule has 0 saturated carbocycles. The fourth-order valence-corrected chi connectivity index (χ4v) is 3.06. The van der Waals surface area contributed by atoms with Crippen LogP contribution in [0, 0.1) is 6.92 Å². The predicted octanol–water partition coefficient (Wildman–Crippen LogP) is -0.113. The Hall–Kier alpha value is -1.45. The summed E-state index contributed by atoms with van der Waals surface area (Å²) in [5, 5.41) is 6.36. The van der Waals surface area contributed by atoms with Crippen LogP contribution in [0.3, 0.4) is 0 Å². The molecule has 0 spiro atoms. The molecule has 0 aromatic carbocycles. The van der Waals surface area contributed by atoms with Gasteiger partial charge in [0.1, 0.15) is 0 Å². The largest absolute Gasteiger partial charge is 0.338 e. The summed E-state index contributed by atoms with van der Waals surface area (Å²) in [6.45, 7) is 5.41. The van der Waals surface area contributed by atoms with Crippen LogP contribution in [0.1, 0.15) is 12.6 Å². The van der Waals surface area contributed by atoms with E-state index in [0.29, 0.717) is 37.8 Å². The number of nitrogens with one attached hydrogen (secondary N) is 1. The number of hydrogen-bond acceptors (Lipinski definition) is 6. The lowest BCUT2D eigenvalue weighted by Crippen LogP contribution is -2.53. The van der Waals surface area contributed by atoms with Crippen molar-refractivity contribution in [2.24, 2.45) is 0 Å². The molecule has 0 aliphatic carbocycles. The third kappa shape index (κ3) is 4.02. The van der Waals surface area contributed by atoms with Crippen LogP contribution in [0.2, 0.25) is 0 Å². The minimum Gasteiger partial charge on any atom is -0.338 e. The highest BCUT2D eigenvalue weighted by Crippen LogP contribution is 2.13. The second kappa shape index (κ2) is 6.12. The van der Waals surface area contributed by atoms with E-state index in [9.17, 15) is 13.2 Å². The Morgan fingerprint density at radius 3 is 2.48 bits per heavy atom. The van der Waals surface area contributed by atoms with Gasteiger partial charge in [0.2, 0.25) is 21.8 Å². The molecule has 0 radical (unpaired) electrons. The van der Waals surface area contributed by atoms with Crippen molar-refractivity contribution in [2.45, 2.75) is 19.9 Å². The van der Waals surface area contributed by atoms with Gasteiger partial charge in [-0.25, -0.2) is 8.42 Å². The number of hydrogen-bond donors (Lipinski definition) is 1. The monoisotopic (exact) mass is 316 g/mol. The van der Waals surface area contributed by atoms with Gasteiger partial charge in [0.25, 0.3) is 0 Å². The van der Waals surface area contributed by atoms with E-state index in [-0.39, 0.29) is 11.9 Å². The van der Waals surface area contributed by atoms with Crippen LogP contribution in [0.5, 0.6) is 0 Å². The van der Waals surface area contributed by atoms with Crippen LogP contribution < -0.4 is 5.32 Å². The first-order chi connectivity index (χ1) is 9.77. The maximum Gasteiger partial charge on any atom is 0.243 e. The molecule has 1 aromatic rings. The summed E-state index contributed by atoms with van der Waals surface area (Å²) in [6, 6.07) is 1.28. The quantitative estimate of drug-likeness (QED) is 0.832. The van der Waals surface area contributed by atoms with E-state index in [1.165, 1.54) is 10.6 Å². The lowest BCUT2D eigenvalue weighted by atomic mass is 10.2. The van der Waals surface area contributed by atoms with Gasteiger partial charge in [-0.1, -0.05) is 5.16 Å². The van der Waals surface area contributed by atoms with E-state index in [1.54, 1.807) is 19.9 Å². The van der Waals surface area contributed by atoms with Crippen LogP contribution in [-0.2, 0) is 14.8 Å². The average Bonchev–Trinajstić information content (AvgIpc) is 2.82. The standard InChI is InChI=1S/C12H20N4O4S/c1-9-8-11(20-14-9)13-12(17)10(2)15-4-6-16(7-5-15)21(3,18)19/h8,10H,4-7H2,1-3H3,(H,13,17). The number of sulfonamides is 1. The van der Waals surface area contributed by atoms with Crippen LogP contribution >= 0.6 is 0 Å². The Bertz CT molecular complexity index is 605. The Morgan fingerprint density at radius 2 is 2.00 bits per heavy atom. The van der Waals surface area contributed by atoms with Gasteiger partial charge >= 0.3 is 0 Å². The molecule has 9 heteroatoms. The first-order valence-corrected chi connectivity index (χ1v) is 8.55. The van der Waals surface area contributed by atoms with Gasteiger partial charge in [-0.2, -0.15) is 4.31 Å². The molecule has 1 unspecified atom stereocenters. The number of carbonyl (C=O) groups is 1. The van der Waals surface area contributed by atoms with E-state index in [2.05, 4.69) is 10.5 Å². The van der Waals surface area contributed by atoms with Crippen molar-refractivity contribution in [3.63, 3.8) is 0 Å². The predicted molar refractivity (Wildman–Crippen MR) is 77.3 cm³/mol. The van der Waals surface area contributed by atoms with Crippen LogP contribution in [0.25, 0.3) is 0 Å². The number of anilines is 1. The fraction of sp³-hybridized carbons (Fsp3) is 0.667. The van der Waals surface area contributed by atoms with Crippen molar-refractivity contribution >= 4 is 21.8 Å². The molecule has 1 amide bonds. The molecule has 0 bridgehead atoms. The van der Waals surface area contributed by atoms with Gasteiger partial charge in [-0.05, 0) is 13.8 Å². The highest BCUT2D eigenvalue weighted by Gasteiger charge is 2.29. The number of rotatable bonds is 4. The molecule has 1 fully saturated rings. The van der Waals surface area contributed by atoms with E-state index < -0.39 is 10.0 Å². The Labute approximate surface area is 124 Å². The molecule has 8 nitrogen and oxygen atoms in total. The molecule has 21 heavy (non-hydrogen) atoms. The zero-order valence-corrected chi connectivity index (χ0v) is 13.2. The molecular weight excluding hydrogens is 296 g/mol. The summed E-state index contributed by atoms with van der Waals surface area (Å²) in [7, 11) is -3.16. The molecule has 1 N–H and O–H groups in total. The lowest BCUT2D eigenvalue weighted by Gasteiger charge is -2.36. The minimum absolute atomic E-state index is 0.195. The van der Waals surface area contributed by atoms with Crippen molar-refractivity contribution in [3.05, 3.63) is 11.8 Å². The smallest absolute Gasteiger partial charge is 0.243 e. The normalized spacial score (nSPS) is 19.4. The van der Waals surface area contributed by atoms with E-state index in [4.69, 9.17) is 4.52 Å². The Kier molecular flexibility index (Phi) is 4.64. The van der Waals surface area contributed by atoms with Crippen molar-refractivity contribution in [1.29, 1.82) is 0 Å². The number of amides is 1. The summed E-state index contributed by atoms with van der Waals surface area (Å²) >= 11 is 0. The van der Waals surface area contributed by atoms with Crippen molar-refractivity contribution in [3.8, 4) is 0 Å². The van der Waals surface area contributed by atoms with E-state index >= 15 is 0 Å². The average molecular weight is 316 g/mol. The summed E-state index contributed by atoms with van der Waals surface area (Å²) in [6.07, 6.45) is 1.20. The van der Waals surface area contributed by atoms with Crippen molar-refractivity contribution in [1.82, 2.24) is 14.4 Å². The zero-order valence-electron chi connectivity index (χ0n) is 12.4. The maximum atomic E-state index is 12.1. The fourth-order valence-electron chi connectivity index (χ4n) is 2.24. The molecule has 1 aromatic heterocycles. The molecule has 118 valence electrons. The van der Waals surface area contributed by atoms with Gasteiger partial charge in [0, 0.05) is 32.2 Å². The Balaban J connectivity index is 1.89. The number of aromatic nitrogens is 1. The maximum absolute atomic E-state index is 12.1. The van der Waals surface area contributed by atoms with Gasteiger partial charge in [-0.3, -0.25) is 15.0 Å². The highest BCUT2D eigenvalue weighted by molar-refractivity contribution is 7.88. The van der Waals surface area contributed by atoms with Crippen molar-refractivity contribution in [2.75, 3.05) is 37.8 Å². The highest BCUT2D eigenvalue weighted by atomic mass is 32.2. The minimum atomic E-state index is -3.16. The lowest BCUT2D eigenvalue weighted by molar-refractivity contribution is -0.121. The zero-order chi connectivity index (χ0) is 15.6. The van der Waals surface area contributed by atoms with Gasteiger partial charge in [0.15, 0.2) is 0 Å². The molecule has 2 heterocycles. The molecule has 1 aliphatic rings. The topological polar surface area (TPSA) is 95.8 Å². The van der Waals surface area contributed by atoms with E-state index in [1.807, 2.05) is 4.90 Å². The molecule has 1 atom stereocenters. The van der Waals surface area contributed by atoms with Crippen LogP contribution in [0.15, 0.2) is 10.6 Å². The third-order valence-corrected chi connectivity index (χ3v) is 4.85. The summed E-state index contributed by atoms with van der Waals surface area (Å²) in [5.41, 5.74) is 0.694. The summed E-state index contributed by atoms with van der Waals surface area (Å²) in [4.78, 5) is 14.1. The molecule has 1 saturated heterocycles. The molecule has 2 rings (SSSR count). The van der Waals surface area contributed by atoms with Crippen molar-refractivity contribution < 1.29 is 17.7 Å². The first kappa shape index (κ1) is 15.9. The summed E-state index contributed by atoms with van der Waals surface area (Å²) in [5.74, 6) is 0.123. The molecular formula is C12H20N4O4S. The number of nitrogens with zero attached hydrogens (tertiary/aromatic N) is 3. The SMILES string of the molecule is Cc1cc(NC(=O)C(C)N2CCN(S(C)(=O)=O)CC2)on1. The van der Waals surface area contributed by atoms with Gasteiger partial charge in [0.05, 0.1) is 18.0 Å².